The maximum Gasteiger partial charge on any atom is 0.261 e. The van der Waals surface area contributed by atoms with Crippen molar-refractivity contribution in [1.82, 2.24) is 0 Å². The molecule has 0 aliphatic heterocycles. The van der Waals surface area contributed by atoms with Crippen LogP contribution in [0.15, 0.2) is 52.3 Å². The van der Waals surface area contributed by atoms with Gasteiger partial charge in [0.15, 0.2) is 0 Å². The van der Waals surface area contributed by atoms with E-state index in [4.69, 9.17) is 9.88 Å². The average molecular weight is 399 g/mol. The first kappa shape index (κ1) is 19.7. The van der Waals surface area contributed by atoms with Crippen molar-refractivity contribution in [3.63, 3.8) is 0 Å². The number of rotatable bonds is 6. The molecule has 0 atom stereocenters. The van der Waals surface area contributed by atoms with Crippen LogP contribution in [0.25, 0.3) is 0 Å². The molecule has 2 aromatic carbocycles. The Morgan fingerprint density at radius 1 is 0.962 bits per heavy atom. The van der Waals surface area contributed by atoms with E-state index < -0.39 is 20.0 Å². The number of anilines is 2. The highest BCUT2D eigenvalue weighted by Gasteiger charge is 2.18. The first-order valence-corrected chi connectivity index (χ1v) is 10.2. The number of carbonyl (C=O) groups excluding carboxylic acids is 1. The minimum Gasteiger partial charge on any atom is -0.497 e. The van der Waals surface area contributed by atoms with Gasteiger partial charge in [0, 0.05) is 13.0 Å². The fraction of sp³-hybridized carbons (Fsp3) is 0.133. The van der Waals surface area contributed by atoms with Crippen molar-refractivity contribution < 1.29 is 26.4 Å². The van der Waals surface area contributed by atoms with Crippen LogP contribution in [-0.4, -0.2) is 29.9 Å². The summed E-state index contributed by atoms with van der Waals surface area (Å²) < 4.78 is 55.0. The molecule has 0 unspecified atom stereocenters. The van der Waals surface area contributed by atoms with Crippen LogP contribution < -0.4 is 19.9 Å². The minimum atomic E-state index is -4.05. The number of nitrogens with two attached hydrogens (primary N) is 1. The number of amides is 1. The number of hydrogen-bond acceptors (Lipinski definition) is 6. The Kier molecular flexibility index (Phi) is 5.54. The topological polar surface area (TPSA) is 145 Å². The molecule has 0 aromatic heterocycles. The normalized spacial score (nSPS) is 11.7. The lowest BCUT2D eigenvalue weighted by molar-refractivity contribution is -0.114. The van der Waals surface area contributed by atoms with Gasteiger partial charge in [-0.2, -0.15) is 0 Å². The van der Waals surface area contributed by atoms with Crippen molar-refractivity contribution in [1.29, 1.82) is 0 Å². The van der Waals surface area contributed by atoms with Crippen molar-refractivity contribution in [3.8, 4) is 5.75 Å². The molecule has 0 aliphatic rings. The Hall–Kier alpha value is -2.63. The van der Waals surface area contributed by atoms with Crippen LogP contribution in [0.2, 0.25) is 0 Å². The predicted octanol–water partition coefficient (Wildman–Crippen LogP) is 1.10. The second kappa shape index (κ2) is 7.32. The third-order valence-corrected chi connectivity index (χ3v) is 5.55. The summed E-state index contributed by atoms with van der Waals surface area (Å²) in [5.74, 6) is -0.00510. The number of methoxy groups -OCH3 is 1. The highest BCUT2D eigenvalue weighted by Crippen LogP contribution is 2.29. The molecule has 0 saturated heterocycles. The maximum absolute atomic E-state index is 12.6. The molecular weight excluding hydrogens is 382 g/mol. The summed E-state index contributed by atoms with van der Waals surface area (Å²) in [6.45, 7) is 1.29. The Labute approximate surface area is 151 Å². The zero-order valence-corrected chi connectivity index (χ0v) is 15.5. The molecule has 0 heterocycles. The van der Waals surface area contributed by atoms with E-state index in [9.17, 15) is 21.6 Å². The lowest BCUT2D eigenvalue weighted by Gasteiger charge is -2.14. The predicted molar refractivity (Wildman–Crippen MR) is 95.9 cm³/mol. The van der Waals surface area contributed by atoms with Gasteiger partial charge >= 0.3 is 0 Å². The highest BCUT2D eigenvalue weighted by molar-refractivity contribution is 7.92. The third-order valence-electron chi connectivity index (χ3n) is 3.24. The molecule has 0 spiro atoms. The van der Waals surface area contributed by atoms with Gasteiger partial charge in [0.25, 0.3) is 10.0 Å². The molecular formula is C15H17N3O6S2. The van der Waals surface area contributed by atoms with Gasteiger partial charge in [-0.3, -0.25) is 9.52 Å². The Bertz CT molecular complexity index is 1030. The summed E-state index contributed by atoms with van der Waals surface area (Å²) in [4.78, 5) is 10.9. The monoisotopic (exact) mass is 399 g/mol. The van der Waals surface area contributed by atoms with Crippen molar-refractivity contribution >= 4 is 37.3 Å². The number of hydrogen-bond donors (Lipinski definition) is 3. The van der Waals surface area contributed by atoms with Crippen LogP contribution in [0.3, 0.4) is 0 Å². The van der Waals surface area contributed by atoms with E-state index in [0.29, 0.717) is 5.75 Å². The molecule has 9 nitrogen and oxygen atoms in total. The third kappa shape index (κ3) is 4.71. The summed E-state index contributed by atoms with van der Waals surface area (Å²) in [5, 5.41) is 7.50. The van der Waals surface area contributed by atoms with Crippen molar-refractivity contribution in [2.45, 2.75) is 16.7 Å². The SMILES string of the molecule is COc1ccc(NC(C)=O)c(NS(=O)(=O)c2ccc(S(N)(=O)=O)cc2)c1. The van der Waals surface area contributed by atoms with Gasteiger partial charge in [0.05, 0.1) is 28.3 Å². The lowest BCUT2D eigenvalue weighted by atomic mass is 10.2. The highest BCUT2D eigenvalue weighted by atomic mass is 32.2. The zero-order chi connectivity index (χ0) is 19.5. The average Bonchev–Trinajstić information content (AvgIpc) is 2.55. The van der Waals surface area contributed by atoms with Gasteiger partial charge in [-0.05, 0) is 36.4 Å². The van der Waals surface area contributed by atoms with Crippen LogP contribution in [0.5, 0.6) is 5.75 Å². The molecule has 0 fully saturated rings. The van der Waals surface area contributed by atoms with Crippen molar-refractivity contribution in [2.24, 2.45) is 5.14 Å². The van der Waals surface area contributed by atoms with Crippen LogP contribution in [0.4, 0.5) is 11.4 Å². The van der Waals surface area contributed by atoms with Crippen molar-refractivity contribution in [2.75, 3.05) is 17.1 Å². The summed E-state index contributed by atoms with van der Waals surface area (Å²) in [7, 11) is -6.57. The second-order valence-electron chi connectivity index (χ2n) is 5.21. The van der Waals surface area contributed by atoms with Gasteiger partial charge in [-0.1, -0.05) is 0 Å². The van der Waals surface area contributed by atoms with Gasteiger partial charge in [0.2, 0.25) is 15.9 Å². The van der Waals surface area contributed by atoms with Crippen molar-refractivity contribution in [3.05, 3.63) is 42.5 Å². The first-order chi connectivity index (χ1) is 12.0. The molecule has 0 radical (unpaired) electrons. The van der Waals surface area contributed by atoms with E-state index in [2.05, 4.69) is 10.0 Å². The fourth-order valence-electron chi connectivity index (χ4n) is 2.05. The Morgan fingerprint density at radius 2 is 1.54 bits per heavy atom. The number of ether oxygens (including phenoxy) is 1. The largest absolute Gasteiger partial charge is 0.497 e. The molecule has 0 aliphatic carbocycles. The number of sulfonamides is 2. The Morgan fingerprint density at radius 3 is 2.04 bits per heavy atom. The minimum absolute atomic E-state index is 0.0927. The molecule has 4 N–H and O–H groups in total. The van der Waals surface area contributed by atoms with Gasteiger partial charge < -0.3 is 10.1 Å². The van der Waals surface area contributed by atoms with E-state index in [1.165, 1.54) is 26.2 Å². The molecule has 140 valence electrons. The van der Waals surface area contributed by atoms with E-state index in [-0.39, 0.29) is 27.1 Å². The van der Waals surface area contributed by atoms with E-state index in [1.54, 1.807) is 6.07 Å². The molecule has 0 bridgehead atoms. The number of benzene rings is 2. The van der Waals surface area contributed by atoms with Gasteiger partial charge in [-0.15, -0.1) is 0 Å². The van der Waals surface area contributed by atoms with Crippen LogP contribution >= 0.6 is 0 Å². The number of carbonyl (C=O) groups is 1. The van der Waals surface area contributed by atoms with Crippen LogP contribution in [-0.2, 0) is 24.8 Å². The molecule has 0 saturated carbocycles. The fourth-order valence-corrected chi connectivity index (χ4v) is 3.63. The molecule has 1 amide bonds. The van der Waals surface area contributed by atoms with E-state index >= 15 is 0 Å². The summed E-state index contributed by atoms with van der Waals surface area (Å²) in [6, 6.07) is 8.85. The zero-order valence-electron chi connectivity index (χ0n) is 13.9. The maximum atomic E-state index is 12.6. The Balaban J connectivity index is 2.41. The number of nitrogens with one attached hydrogen (secondary N) is 2. The van der Waals surface area contributed by atoms with Crippen LogP contribution in [0.1, 0.15) is 6.92 Å². The number of primary sulfonamides is 1. The quantitative estimate of drug-likeness (QED) is 0.663. The van der Waals surface area contributed by atoms with Gasteiger partial charge in [-0.25, -0.2) is 22.0 Å². The summed E-state index contributed by atoms with van der Waals surface area (Å²) >= 11 is 0. The van der Waals surface area contributed by atoms with Crippen LogP contribution in [0, 0.1) is 0 Å². The van der Waals surface area contributed by atoms with E-state index in [1.807, 2.05) is 0 Å². The van der Waals surface area contributed by atoms with Gasteiger partial charge in [0.1, 0.15) is 5.75 Å². The molecule has 26 heavy (non-hydrogen) atoms. The molecule has 11 heteroatoms. The van der Waals surface area contributed by atoms with E-state index in [0.717, 1.165) is 24.3 Å². The summed E-state index contributed by atoms with van der Waals surface area (Å²) in [5.41, 5.74) is 0.332. The standard InChI is InChI=1S/C15H17N3O6S2/c1-10(19)17-14-8-3-11(24-2)9-15(14)18-26(22,23)13-6-4-12(5-7-13)25(16,20)21/h3-9,18H,1-2H3,(H,17,19)(H2,16,20,21). The molecule has 2 rings (SSSR count). The molecule has 2 aromatic rings. The second-order valence-corrected chi connectivity index (χ2v) is 8.46. The summed E-state index contributed by atoms with van der Waals surface area (Å²) in [6.07, 6.45) is 0. The first-order valence-electron chi connectivity index (χ1n) is 7.14. The smallest absolute Gasteiger partial charge is 0.261 e. The lowest BCUT2D eigenvalue weighted by Crippen LogP contribution is -2.16.